The van der Waals surface area contributed by atoms with E-state index in [0.29, 0.717) is 37.6 Å². The maximum absolute atomic E-state index is 12.8. The minimum atomic E-state index is -3.42. The van der Waals surface area contributed by atoms with Crippen LogP contribution in [0.4, 0.5) is 0 Å². The van der Waals surface area contributed by atoms with Crippen molar-refractivity contribution in [1.29, 1.82) is 0 Å². The van der Waals surface area contributed by atoms with Gasteiger partial charge in [-0.05, 0) is 37.0 Å². The first-order valence-electron chi connectivity index (χ1n) is 9.40. The molecule has 0 radical (unpaired) electrons. The van der Waals surface area contributed by atoms with Gasteiger partial charge in [-0.15, -0.1) is 0 Å². The molecule has 23 heavy (non-hydrogen) atoms. The summed E-state index contributed by atoms with van der Waals surface area (Å²) < 4.78 is 29.4. The van der Waals surface area contributed by atoms with Gasteiger partial charge in [0.15, 0.2) is 0 Å². The van der Waals surface area contributed by atoms with Crippen molar-refractivity contribution in [3.05, 3.63) is 0 Å². The minimum absolute atomic E-state index is 0.430. The van der Waals surface area contributed by atoms with Crippen LogP contribution < -0.4 is 0 Å². The Labute approximate surface area is 144 Å². The molecule has 5 heteroatoms. The fourth-order valence-corrected chi connectivity index (χ4v) is 3.03. The molecule has 0 bridgehead atoms. The number of phosphoric acid groups is 1. The monoisotopic (exact) mass is 350 g/mol. The van der Waals surface area contributed by atoms with Crippen LogP contribution in [0.2, 0.25) is 0 Å². The standard InChI is InChI=1S/C18H39O4P/c1-7-16(4)10-13-20-23(19,21-14-11-17(5)8-2)22-15-12-18(6)9-3/h16-18H,7-15H2,1-6H3. The lowest BCUT2D eigenvalue weighted by Crippen LogP contribution is -2.08. The zero-order valence-corrected chi connectivity index (χ0v) is 17.1. The first-order chi connectivity index (χ1) is 10.9. The summed E-state index contributed by atoms with van der Waals surface area (Å²) in [5.41, 5.74) is 0. The molecule has 3 unspecified atom stereocenters. The third-order valence-electron chi connectivity index (χ3n) is 4.67. The molecule has 0 spiro atoms. The van der Waals surface area contributed by atoms with Gasteiger partial charge in [0, 0.05) is 0 Å². The number of hydrogen-bond acceptors (Lipinski definition) is 4. The Balaban J connectivity index is 4.35. The zero-order valence-electron chi connectivity index (χ0n) is 16.2. The van der Waals surface area contributed by atoms with Crippen LogP contribution >= 0.6 is 7.82 Å². The van der Waals surface area contributed by atoms with Crippen LogP contribution in [0.15, 0.2) is 0 Å². The average molecular weight is 350 g/mol. The van der Waals surface area contributed by atoms with Crippen molar-refractivity contribution < 1.29 is 18.1 Å². The third-order valence-corrected chi connectivity index (χ3v) is 6.17. The predicted octanol–water partition coefficient (Wildman–Crippen LogP) is 6.45. The topological polar surface area (TPSA) is 44.8 Å². The molecule has 0 aromatic rings. The lowest BCUT2D eigenvalue weighted by molar-refractivity contribution is 0.100. The molecule has 0 aliphatic heterocycles. The molecular formula is C18H39O4P. The van der Waals surface area contributed by atoms with Crippen LogP contribution in [-0.4, -0.2) is 19.8 Å². The summed E-state index contributed by atoms with van der Waals surface area (Å²) in [6.45, 7) is 14.2. The van der Waals surface area contributed by atoms with E-state index < -0.39 is 7.82 Å². The van der Waals surface area contributed by atoms with Crippen molar-refractivity contribution in [1.82, 2.24) is 0 Å². The van der Waals surface area contributed by atoms with Crippen LogP contribution in [0.25, 0.3) is 0 Å². The summed E-state index contributed by atoms with van der Waals surface area (Å²) in [7, 11) is -3.42. The van der Waals surface area contributed by atoms with E-state index in [0.717, 1.165) is 38.5 Å². The first kappa shape index (κ1) is 23.1. The second-order valence-corrected chi connectivity index (χ2v) is 8.52. The summed E-state index contributed by atoms with van der Waals surface area (Å²) >= 11 is 0. The van der Waals surface area contributed by atoms with Gasteiger partial charge in [0.05, 0.1) is 19.8 Å². The van der Waals surface area contributed by atoms with E-state index >= 15 is 0 Å². The van der Waals surface area contributed by atoms with Gasteiger partial charge in [-0.3, -0.25) is 13.6 Å². The van der Waals surface area contributed by atoms with Crippen molar-refractivity contribution in [2.24, 2.45) is 17.8 Å². The van der Waals surface area contributed by atoms with Gasteiger partial charge in [0.1, 0.15) is 0 Å². The summed E-state index contributed by atoms with van der Waals surface area (Å²) in [5, 5.41) is 0. The van der Waals surface area contributed by atoms with Gasteiger partial charge >= 0.3 is 7.82 Å². The minimum Gasteiger partial charge on any atom is -0.287 e. The molecule has 0 aromatic carbocycles. The zero-order chi connectivity index (χ0) is 17.7. The van der Waals surface area contributed by atoms with Gasteiger partial charge in [0.25, 0.3) is 0 Å². The first-order valence-corrected chi connectivity index (χ1v) is 10.9. The largest absolute Gasteiger partial charge is 0.474 e. The summed E-state index contributed by atoms with van der Waals surface area (Å²) in [6, 6.07) is 0. The number of hydrogen-bond donors (Lipinski definition) is 0. The maximum Gasteiger partial charge on any atom is 0.474 e. The molecule has 0 N–H and O–H groups in total. The molecule has 0 heterocycles. The molecule has 0 saturated heterocycles. The normalized spacial score (nSPS) is 18.3. The molecule has 4 nitrogen and oxygen atoms in total. The fourth-order valence-electron chi connectivity index (χ4n) is 1.82. The van der Waals surface area contributed by atoms with Crippen molar-refractivity contribution in [2.45, 2.75) is 80.1 Å². The highest BCUT2D eigenvalue weighted by Gasteiger charge is 2.27. The lowest BCUT2D eigenvalue weighted by Gasteiger charge is -2.20. The van der Waals surface area contributed by atoms with Crippen LogP contribution in [0.3, 0.4) is 0 Å². The predicted molar refractivity (Wildman–Crippen MR) is 97.7 cm³/mol. The Morgan fingerprint density at radius 3 is 1.13 bits per heavy atom. The van der Waals surface area contributed by atoms with Crippen LogP contribution in [0.5, 0.6) is 0 Å². The Kier molecular flexibility index (Phi) is 13.5. The SMILES string of the molecule is CCC(C)CCOP(=O)(OCCC(C)CC)OCCC(C)CC. The molecule has 0 aliphatic rings. The number of phosphoric ester groups is 1. The van der Waals surface area contributed by atoms with Gasteiger partial charge in [-0.2, -0.15) is 0 Å². The van der Waals surface area contributed by atoms with E-state index in [-0.39, 0.29) is 0 Å². The second-order valence-electron chi connectivity index (χ2n) is 6.85. The second kappa shape index (κ2) is 13.4. The van der Waals surface area contributed by atoms with Crippen molar-refractivity contribution >= 4 is 7.82 Å². The van der Waals surface area contributed by atoms with E-state index in [1.807, 2.05) is 0 Å². The molecule has 0 amide bonds. The van der Waals surface area contributed by atoms with Crippen LogP contribution in [0, 0.1) is 17.8 Å². The average Bonchev–Trinajstić information content (AvgIpc) is 2.54. The Morgan fingerprint density at radius 1 is 0.652 bits per heavy atom. The Hall–Kier alpha value is 0.110. The Morgan fingerprint density at radius 2 is 0.913 bits per heavy atom. The van der Waals surface area contributed by atoms with E-state index in [9.17, 15) is 4.57 Å². The quantitative estimate of drug-likeness (QED) is 0.318. The molecule has 0 fully saturated rings. The summed E-state index contributed by atoms with van der Waals surface area (Å²) in [6.07, 6.45) is 5.92. The van der Waals surface area contributed by atoms with Crippen molar-refractivity contribution in [3.63, 3.8) is 0 Å². The highest BCUT2D eigenvalue weighted by Crippen LogP contribution is 2.50. The van der Waals surface area contributed by atoms with Gasteiger partial charge in [0.2, 0.25) is 0 Å². The van der Waals surface area contributed by atoms with Crippen molar-refractivity contribution in [2.75, 3.05) is 19.8 Å². The highest BCUT2D eigenvalue weighted by atomic mass is 31.2. The van der Waals surface area contributed by atoms with E-state index in [1.54, 1.807) is 0 Å². The smallest absolute Gasteiger partial charge is 0.287 e. The lowest BCUT2D eigenvalue weighted by atomic mass is 10.1. The van der Waals surface area contributed by atoms with Gasteiger partial charge in [-0.25, -0.2) is 4.57 Å². The summed E-state index contributed by atoms with van der Waals surface area (Å²) in [4.78, 5) is 0. The molecule has 0 rings (SSSR count). The molecule has 140 valence electrons. The highest BCUT2D eigenvalue weighted by molar-refractivity contribution is 7.48. The molecular weight excluding hydrogens is 311 g/mol. The van der Waals surface area contributed by atoms with Crippen LogP contribution in [0.1, 0.15) is 80.1 Å². The van der Waals surface area contributed by atoms with Gasteiger partial charge in [-0.1, -0.05) is 60.8 Å². The number of rotatable bonds is 15. The van der Waals surface area contributed by atoms with E-state index in [1.165, 1.54) is 0 Å². The van der Waals surface area contributed by atoms with Crippen LogP contribution in [-0.2, 0) is 18.1 Å². The molecule has 0 aromatic heterocycles. The molecule has 3 atom stereocenters. The van der Waals surface area contributed by atoms with Gasteiger partial charge < -0.3 is 0 Å². The van der Waals surface area contributed by atoms with E-state index in [4.69, 9.17) is 13.6 Å². The fraction of sp³-hybridized carbons (Fsp3) is 1.00. The Bertz CT molecular complexity index is 275. The summed E-state index contributed by atoms with van der Waals surface area (Å²) in [5.74, 6) is 1.68. The maximum atomic E-state index is 12.8. The molecule has 0 aliphatic carbocycles. The third kappa shape index (κ3) is 12.2. The van der Waals surface area contributed by atoms with Crippen molar-refractivity contribution in [3.8, 4) is 0 Å². The molecule has 0 saturated carbocycles. The van der Waals surface area contributed by atoms with E-state index in [2.05, 4.69) is 41.5 Å².